The van der Waals surface area contributed by atoms with Gasteiger partial charge in [-0.2, -0.15) is 13.2 Å². The summed E-state index contributed by atoms with van der Waals surface area (Å²) in [6.45, 7) is -0.624. The van der Waals surface area contributed by atoms with Gasteiger partial charge in [0.25, 0.3) is 5.91 Å². The van der Waals surface area contributed by atoms with Gasteiger partial charge < -0.3 is 19.7 Å². The maximum Gasteiger partial charge on any atom is 0.411 e. The van der Waals surface area contributed by atoms with E-state index in [4.69, 9.17) is 4.74 Å². The SMILES string of the molecule is COCCCNC(=O)CN(C)C(=O)c1ccc(COCC(F)(F)F)cc1. The van der Waals surface area contributed by atoms with Gasteiger partial charge in [-0.05, 0) is 24.1 Å². The quantitative estimate of drug-likeness (QED) is 0.634. The molecule has 0 saturated carbocycles. The highest BCUT2D eigenvalue weighted by Crippen LogP contribution is 2.16. The summed E-state index contributed by atoms with van der Waals surface area (Å²) in [5.74, 6) is -0.645. The van der Waals surface area contributed by atoms with Crippen LogP contribution in [0.4, 0.5) is 13.2 Å². The van der Waals surface area contributed by atoms with E-state index < -0.39 is 12.8 Å². The van der Waals surface area contributed by atoms with Crippen LogP contribution in [0.15, 0.2) is 24.3 Å². The molecular formula is C17H23F3N2O4. The molecule has 1 rings (SSSR count). The normalized spacial score (nSPS) is 11.3. The lowest BCUT2D eigenvalue weighted by molar-refractivity contribution is -0.176. The Bertz CT molecular complexity index is 576. The van der Waals surface area contributed by atoms with Crippen molar-refractivity contribution in [2.75, 3.05) is 40.5 Å². The van der Waals surface area contributed by atoms with Crippen molar-refractivity contribution < 1.29 is 32.2 Å². The largest absolute Gasteiger partial charge is 0.411 e. The molecule has 0 aromatic heterocycles. The van der Waals surface area contributed by atoms with E-state index in [1.54, 1.807) is 7.11 Å². The molecule has 146 valence electrons. The third kappa shape index (κ3) is 8.82. The number of carbonyl (C=O) groups is 2. The molecule has 2 amide bonds. The van der Waals surface area contributed by atoms with Gasteiger partial charge in [0, 0.05) is 32.9 Å². The van der Waals surface area contributed by atoms with Gasteiger partial charge in [0.15, 0.2) is 0 Å². The average Bonchev–Trinajstić information content (AvgIpc) is 2.57. The molecule has 9 heteroatoms. The minimum atomic E-state index is -4.37. The molecule has 0 heterocycles. The zero-order valence-corrected chi connectivity index (χ0v) is 14.8. The summed E-state index contributed by atoms with van der Waals surface area (Å²) < 4.78 is 45.5. The predicted molar refractivity (Wildman–Crippen MR) is 88.6 cm³/mol. The number of amides is 2. The number of likely N-dealkylation sites (N-methyl/N-ethyl adjacent to an activating group) is 1. The second kappa shape index (κ2) is 10.8. The van der Waals surface area contributed by atoms with Crippen LogP contribution in [0.3, 0.4) is 0 Å². The van der Waals surface area contributed by atoms with Gasteiger partial charge in [0.05, 0.1) is 13.2 Å². The maximum atomic E-state index is 12.3. The number of hydrogen-bond acceptors (Lipinski definition) is 4. The molecule has 0 saturated heterocycles. The second-order valence-electron chi connectivity index (χ2n) is 5.66. The molecular weight excluding hydrogens is 353 g/mol. The summed E-state index contributed by atoms with van der Waals surface area (Å²) in [5.41, 5.74) is 0.851. The fraction of sp³-hybridized carbons (Fsp3) is 0.529. The summed E-state index contributed by atoms with van der Waals surface area (Å²) in [4.78, 5) is 25.3. The first kappa shape index (κ1) is 21.9. The molecule has 0 radical (unpaired) electrons. The van der Waals surface area contributed by atoms with E-state index in [0.717, 1.165) is 0 Å². The van der Waals surface area contributed by atoms with Crippen molar-refractivity contribution in [1.82, 2.24) is 10.2 Å². The number of halogens is 3. The predicted octanol–water partition coefficient (Wildman–Crippen LogP) is 1.99. The molecule has 0 aliphatic heterocycles. The zero-order chi connectivity index (χ0) is 19.6. The Balaban J connectivity index is 2.44. The van der Waals surface area contributed by atoms with Crippen LogP contribution in [0.5, 0.6) is 0 Å². The molecule has 1 aromatic rings. The average molecular weight is 376 g/mol. The van der Waals surface area contributed by atoms with E-state index in [1.165, 1.54) is 36.2 Å². The fourth-order valence-electron chi connectivity index (χ4n) is 2.04. The molecule has 0 aliphatic rings. The van der Waals surface area contributed by atoms with Crippen molar-refractivity contribution in [1.29, 1.82) is 0 Å². The van der Waals surface area contributed by atoms with Crippen molar-refractivity contribution in [3.63, 3.8) is 0 Å². The van der Waals surface area contributed by atoms with Crippen LogP contribution in [0.25, 0.3) is 0 Å². The molecule has 26 heavy (non-hydrogen) atoms. The van der Waals surface area contributed by atoms with Gasteiger partial charge in [0.2, 0.25) is 5.91 Å². The summed E-state index contributed by atoms with van der Waals surface area (Å²) in [7, 11) is 3.07. The monoisotopic (exact) mass is 376 g/mol. The molecule has 0 aliphatic carbocycles. The Morgan fingerprint density at radius 2 is 1.85 bits per heavy atom. The van der Waals surface area contributed by atoms with Gasteiger partial charge >= 0.3 is 6.18 Å². The second-order valence-corrected chi connectivity index (χ2v) is 5.66. The van der Waals surface area contributed by atoms with E-state index in [-0.39, 0.29) is 25.0 Å². The van der Waals surface area contributed by atoms with E-state index in [9.17, 15) is 22.8 Å². The van der Waals surface area contributed by atoms with Gasteiger partial charge in [-0.3, -0.25) is 9.59 Å². The van der Waals surface area contributed by atoms with Crippen LogP contribution in [0.1, 0.15) is 22.3 Å². The molecule has 0 atom stereocenters. The molecule has 0 fully saturated rings. The zero-order valence-electron chi connectivity index (χ0n) is 14.8. The highest BCUT2D eigenvalue weighted by Gasteiger charge is 2.27. The van der Waals surface area contributed by atoms with E-state index in [1.807, 2.05) is 0 Å². The first-order valence-corrected chi connectivity index (χ1v) is 7.97. The Hall–Kier alpha value is -2.13. The Morgan fingerprint density at radius 1 is 1.19 bits per heavy atom. The lowest BCUT2D eigenvalue weighted by Gasteiger charge is -2.17. The van der Waals surface area contributed by atoms with Gasteiger partial charge in [-0.15, -0.1) is 0 Å². The number of nitrogens with zero attached hydrogens (tertiary/aromatic N) is 1. The standard InChI is InChI=1S/C17H23F3N2O4/c1-22(10-15(23)21-8-3-9-25-2)16(24)14-6-4-13(5-7-14)11-26-12-17(18,19)20/h4-7H,3,8-12H2,1-2H3,(H,21,23). The molecule has 0 unspecified atom stereocenters. The maximum absolute atomic E-state index is 12.3. The summed E-state index contributed by atoms with van der Waals surface area (Å²) in [5, 5.41) is 2.68. The van der Waals surface area contributed by atoms with Gasteiger partial charge in [-0.25, -0.2) is 0 Å². The fourth-order valence-corrected chi connectivity index (χ4v) is 2.04. The van der Waals surface area contributed by atoms with E-state index in [0.29, 0.717) is 30.7 Å². The number of rotatable bonds is 10. The lowest BCUT2D eigenvalue weighted by Crippen LogP contribution is -2.38. The van der Waals surface area contributed by atoms with Crippen molar-refractivity contribution in [3.8, 4) is 0 Å². The highest BCUT2D eigenvalue weighted by atomic mass is 19.4. The van der Waals surface area contributed by atoms with Gasteiger partial charge in [0.1, 0.15) is 6.61 Å². The van der Waals surface area contributed by atoms with Gasteiger partial charge in [-0.1, -0.05) is 12.1 Å². The minimum Gasteiger partial charge on any atom is -0.385 e. The topological polar surface area (TPSA) is 67.9 Å². The smallest absolute Gasteiger partial charge is 0.385 e. The Morgan fingerprint density at radius 3 is 2.42 bits per heavy atom. The van der Waals surface area contributed by atoms with Crippen LogP contribution in [0.2, 0.25) is 0 Å². The van der Waals surface area contributed by atoms with Crippen LogP contribution in [0, 0.1) is 0 Å². The van der Waals surface area contributed by atoms with Crippen LogP contribution in [-0.2, 0) is 20.9 Å². The third-order valence-corrected chi connectivity index (χ3v) is 3.31. The van der Waals surface area contributed by atoms with Crippen molar-refractivity contribution in [2.45, 2.75) is 19.2 Å². The Kier molecular flexibility index (Phi) is 9.08. The van der Waals surface area contributed by atoms with Crippen LogP contribution < -0.4 is 5.32 Å². The number of ether oxygens (including phenoxy) is 2. The number of alkyl halides is 3. The summed E-state index contributed by atoms with van der Waals surface area (Å²) in [6, 6.07) is 6.01. The molecule has 0 spiro atoms. The first-order chi connectivity index (χ1) is 12.2. The highest BCUT2D eigenvalue weighted by molar-refractivity contribution is 5.96. The number of methoxy groups -OCH3 is 1. The van der Waals surface area contributed by atoms with Crippen molar-refractivity contribution in [3.05, 3.63) is 35.4 Å². The third-order valence-electron chi connectivity index (χ3n) is 3.31. The molecule has 0 bridgehead atoms. The molecule has 6 nitrogen and oxygen atoms in total. The van der Waals surface area contributed by atoms with Crippen molar-refractivity contribution >= 4 is 11.8 Å². The summed E-state index contributed by atoms with van der Waals surface area (Å²) in [6.07, 6.45) is -3.69. The molecule has 1 N–H and O–H groups in total. The van der Waals surface area contributed by atoms with Crippen LogP contribution in [-0.4, -0.2) is 63.4 Å². The Labute approximate surface area is 150 Å². The number of nitrogens with one attached hydrogen (secondary N) is 1. The van der Waals surface area contributed by atoms with Crippen molar-refractivity contribution in [2.24, 2.45) is 0 Å². The van der Waals surface area contributed by atoms with E-state index >= 15 is 0 Å². The van der Waals surface area contributed by atoms with E-state index in [2.05, 4.69) is 10.1 Å². The summed E-state index contributed by atoms with van der Waals surface area (Å²) >= 11 is 0. The van der Waals surface area contributed by atoms with Crippen LogP contribution >= 0.6 is 0 Å². The molecule has 1 aromatic carbocycles. The number of benzene rings is 1. The minimum absolute atomic E-state index is 0.0950. The number of carbonyl (C=O) groups excluding carboxylic acids is 2. The number of hydrogen-bond donors (Lipinski definition) is 1. The first-order valence-electron chi connectivity index (χ1n) is 7.97. The lowest BCUT2D eigenvalue weighted by atomic mass is 10.1.